The Morgan fingerprint density at radius 1 is 0.909 bits per heavy atom. The molecule has 1 unspecified atom stereocenters. The minimum atomic E-state index is -5.18. The van der Waals surface area contributed by atoms with Gasteiger partial charge < -0.3 is 13.3 Å². The molecule has 8 heteroatoms. The zero-order chi connectivity index (χ0) is 16.9. The molecule has 0 aliphatic rings. The fourth-order valence-electron chi connectivity index (χ4n) is 1.89. The maximum atomic E-state index is 14.4. The van der Waals surface area contributed by atoms with E-state index in [9.17, 15) is 17.6 Å². The van der Waals surface area contributed by atoms with E-state index in [0.29, 0.717) is 5.19 Å². The summed E-state index contributed by atoms with van der Waals surface area (Å²) in [5.74, 6) is -3.82. The van der Waals surface area contributed by atoms with Gasteiger partial charge in [0.25, 0.3) is 5.85 Å². The first-order valence-electron chi connectivity index (χ1n) is 7.04. The highest BCUT2D eigenvalue weighted by Gasteiger charge is 2.62. The Balaban J connectivity index is 3.31. The molecule has 0 heterocycles. The van der Waals surface area contributed by atoms with E-state index in [1.54, 1.807) is 32.0 Å². The molecule has 3 nitrogen and oxygen atoms in total. The minimum Gasteiger partial charge on any atom is -0.370 e. The quantitative estimate of drug-likeness (QED) is 0.535. The Hall–Kier alpha value is -0.963. The third kappa shape index (κ3) is 4.06. The number of hydrogen-bond donors (Lipinski definition) is 0. The van der Waals surface area contributed by atoms with Crippen LogP contribution < -0.4 is 5.19 Å². The van der Waals surface area contributed by atoms with Gasteiger partial charge in [-0.2, -0.15) is 13.2 Å². The summed E-state index contributed by atoms with van der Waals surface area (Å²) in [5, 5.41) is 0.290. The predicted octanol–water partition coefficient (Wildman–Crippen LogP) is 3.56. The van der Waals surface area contributed by atoms with Gasteiger partial charge in [0.05, 0.1) is 0 Å². The molecule has 1 aromatic carbocycles. The Labute approximate surface area is 128 Å². The van der Waals surface area contributed by atoms with Crippen molar-refractivity contribution in [1.82, 2.24) is 0 Å². The highest BCUT2D eigenvalue weighted by atomic mass is 28.4. The molecule has 0 fully saturated rings. The molecule has 0 aromatic heterocycles. The van der Waals surface area contributed by atoms with Crippen LogP contribution in [0.25, 0.3) is 0 Å². The van der Waals surface area contributed by atoms with Crippen LogP contribution in [-0.2, 0) is 13.3 Å². The summed E-state index contributed by atoms with van der Waals surface area (Å²) < 4.78 is 69.2. The minimum absolute atomic E-state index is 0.0404. The van der Waals surface area contributed by atoms with Crippen LogP contribution in [-0.4, -0.2) is 34.0 Å². The Morgan fingerprint density at radius 2 is 1.41 bits per heavy atom. The van der Waals surface area contributed by atoms with E-state index in [0.717, 1.165) is 6.92 Å². The summed E-state index contributed by atoms with van der Waals surface area (Å²) in [6, 6.07) is 7.94. The summed E-state index contributed by atoms with van der Waals surface area (Å²) in [6.07, 6.45) is -6.07. The second-order valence-electron chi connectivity index (χ2n) is 4.47. The number of benzene rings is 1. The Morgan fingerprint density at radius 3 is 1.77 bits per heavy atom. The van der Waals surface area contributed by atoms with E-state index in [2.05, 4.69) is 0 Å². The molecule has 22 heavy (non-hydrogen) atoms. The molecular weight excluding hydrogens is 320 g/mol. The van der Waals surface area contributed by atoms with Gasteiger partial charge in [0.15, 0.2) is 0 Å². The number of rotatable bonds is 8. The van der Waals surface area contributed by atoms with E-state index < -0.39 is 27.3 Å². The van der Waals surface area contributed by atoms with E-state index in [1.165, 1.54) is 12.1 Å². The smallest absolute Gasteiger partial charge is 0.370 e. The topological polar surface area (TPSA) is 27.7 Å². The van der Waals surface area contributed by atoms with Gasteiger partial charge in [-0.1, -0.05) is 37.3 Å². The fourth-order valence-corrected chi connectivity index (χ4v) is 4.59. The van der Waals surface area contributed by atoms with Gasteiger partial charge in [-0.05, 0) is 13.8 Å². The summed E-state index contributed by atoms with van der Waals surface area (Å²) >= 11 is 0. The summed E-state index contributed by atoms with van der Waals surface area (Å²) in [5.41, 5.74) is 0. The molecule has 0 spiro atoms. The zero-order valence-corrected chi connectivity index (χ0v) is 13.7. The number of halogens is 4. The van der Waals surface area contributed by atoms with Crippen molar-refractivity contribution < 1.29 is 30.8 Å². The van der Waals surface area contributed by atoms with Crippen LogP contribution in [0, 0.1) is 0 Å². The van der Waals surface area contributed by atoms with Crippen molar-refractivity contribution in [3.63, 3.8) is 0 Å². The van der Waals surface area contributed by atoms with Gasteiger partial charge in [-0.25, -0.2) is 4.39 Å². The van der Waals surface area contributed by atoms with Crippen molar-refractivity contribution in [3.05, 3.63) is 30.3 Å². The lowest BCUT2D eigenvalue weighted by atomic mass is 10.2. The van der Waals surface area contributed by atoms with Crippen molar-refractivity contribution in [1.29, 1.82) is 0 Å². The molecule has 0 saturated carbocycles. The molecule has 1 atom stereocenters. The van der Waals surface area contributed by atoms with E-state index in [1.807, 2.05) is 0 Å². The monoisotopic (exact) mass is 340 g/mol. The highest BCUT2D eigenvalue weighted by Crippen LogP contribution is 2.40. The molecular formula is C14H20F4O3Si. The third-order valence-corrected chi connectivity index (χ3v) is 5.94. The van der Waals surface area contributed by atoms with Gasteiger partial charge in [-0.15, -0.1) is 0 Å². The van der Waals surface area contributed by atoms with Crippen molar-refractivity contribution >= 4 is 14.0 Å². The van der Waals surface area contributed by atoms with Crippen LogP contribution in [0.2, 0.25) is 0 Å². The van der Waals surface area contributed by atoms with E-state index in [4.69, 9.17) is 13.3 Å². The third-order valence-electron chi connectivity index (χ3n) is 2.97. The average Bonchev–Trinajstić information content (AvgIpc) is 2.47. The first kappa shape index (κ1) is 19.1. The summed E-state index contributed by atoms with van der Waals surface area (Å²) in [7, 11) is -4.03. The van der Waals surface area contributed by atoms with Gasteiger partial charge in [0.1, 0.15) is 0 Å². The van der Waals surface area contributed by atoms with Crippen LogP contribution in [0.4, 0.5) is 17.6 Å². The summed E-state index contributed by atoms with van der Waals surface area (Å²) in [4.78, 5) is 0. The maximum absolute atomic E-state index is 14.4. The molecule has 1 rings (SSSR count). The lowest BCUT2D eigenvalue weighted by molar-refractivity contribution is -0.315. The molecule has 0 aliphatic carbocycles. The maximum Gasteiger partial charge on any atom is 0.539 e. The lowest BCUT2D eigenvalue weighted by Crippen LogP contribution is -2.63. The second kappa shape index (κ2) is 7.54. The Bertz CT molecular complexity index is 449. The largest absolute Gasteiger partial charge is 0.539 e. The molecule has 0 radical (unpaired) electrons. The molecule has 0 saturated heterocycles. The Kier molecular flexibility index (Phi) is 6.54. The van der Waals surface area contributed by atoms with Crippen LogP contribution in [0.15, 0.2) is 30.3 Å². The summed E-state index contributed by atoms with van der Waals surface area (Å²) in [6.45, 7) is 4.33. The molecule has 0 bridgehead atoms. The van der Waals surface area contributed by atoms with Crippen molar-refractivity contribution in [2.24, 2.45) is 0 Å². The van der Waals surface area contributed by atoms with Crippen LogP contribution in [0.5, 0.6) is 0 Å². The van der Waals surface area contributed by atoms with Crippen LogP contribution in [0.1, 0.15) is 27.2 Å². The first-order valence-corrected chi connectivity index (χ1v) is 8.76. The standard InChI is InChI=1S/C14H20F4O3Si/c1-4-13(15,14(16,17)18)21-22(19-5-2,20-6-3)12-10-8-7-9-11-12/h7-11H,4-6H2,1-3H3. The van der Waals surface area contributed by atoms with Gasteiger partial charge in [0.2, 0.25) is 0 Å². The highest BCUT2D eigenvalue weighted by molar-refractivity contribution is 6.75. The number of hydrogen-bond acceptors (Lipinski definition) is 3. The second-order valence-corrected chi connectivity index (χ2v) is 6.94. The molecule has 0 amide bonds. The fraction of sp³-hybridized carbons (Fsp3) is 0.571. The molecule has 0 N–H and O–H groups in total. The normalized spacial score (nSPS) is 15.6. The lowest BCUT2D eigenvalue weighted by Gasteiger charge is -2.36. The first-order chi connectivity index (χ1) is 10.2. The van der Waals surface area contributed by atoms with Crippen LogP contribution in [0.3, 0.4) is 0 Å². The van der Waals surface area contributed by atoms with Gasteiger partial charge >= 0.3 is 15.0 Å². The average molecular weight is 340 g/mol. The number of alkyl halides is 4. The van der Waals surface area contributed by atoms with E-state index in [-0.39, 0.29) is 13.2 Å². The van der Waals surface area contributed by atoms with Crippen LogP contribution >= 0.6 is 0 Å². The predicted molar refractivity (Wildman–Crippen MR) is 76.4 cm³/mol. The SMILES string of the molecule is CCO[Si](OCC)(OC(F)(CC)C(F)(F)F)c1ccccc1. The van der Waals surface area contributed by atoms with Crippen molar-refractivity contribution in [2.75, 3.05) is 13.2 Å². The zero-order valence-electron chi connectivity index (χ0n) is 12.7. The molecule has 126 valence electrons. The van der Waals surface area contributed by atoms with Gasteiger partial charge in [0, 0.05) is 24.8 Å². The van der Waals surface area contributed by atoms with Crippen molar-refractivity contribution in [3.8, 4) is 0 Å². The van der Waals surface area contributed by atoms with Gasteiger partial charge in [-0.3, -0.25) is 0 Å². The molecule has 0 aliphatic heterocycles. The molecule has 1 aromatic rings. The van der Waals surface area contributed by atoms with E-state index >= 15 is 0 Å². The van der Waals surface area contributed by atoms with Crippen molar-refractivity contribution in [2.45, 2.75) is 39.2 Å².